The van der Waals surface area contributed by atoms with Crippen LogP contribution >= 0.6 is 0 Å². The molecule has 3 aliphatic carbocycles. The summed E-state index contributed by atoms with van der Waals surface area (Å²) in [7, 11) is 0. The lowest BCUT2D eigenvalue weighted by atomic mass is 9.54. The molecule has 1 aromatic rings. The minimum absolute atomic E-state index is 0.0704. The Balaban J connectivity index is 0.000000419. The van der Waals surface area contributed by atoms with Gasteiger partial charge in [-0.1, -0.05) is 12.5 Å². The average Bonchev–Trinajstić information content (AvgIpc) is 3.48. The highest BCUT2D eigenvalue weighted by Gasteiger charge is 2.46. The number of phenolic OH excluding ortho intramolecular Hbond substituents is 1. The topological polar surface area (TPSA) is 121 Å². The van der Waals surface area contributed by atoms with Gasteiger partial charge in [0.2, 0.25) is 0 Å². The molecule has 6 heteroatoms. The van der Waals surface area contributed by atoms with E-state index >= 15 is 0 Å². The summed E-state index contributed by atoms with van der Waals surface area (Å²) in [4.78, 5) is 22.3. The number of aliphatic carboxylic acids is 2. The average molecular weight is 402 g/mol. The highest BCUT2D eigenvalue weighted by molar-refractivity contribution is 5.82. The fourth-order valence-electron chi connectivity index (χ4n) is 4.98. The Hall–Kier alpha value is -2.34. The second kappa shape index (κ2) is 8.99. The lowest BCUT2D eigenvalue weighted by Gasteiger charge is -2.49. The molecule has 29 heavy (non-hydrogen) atoms. The van der Waals surface area contributed by atoms with Crippen molar-refractivity contribution < 1.29 is 24.9 Å². The molecule has 0 saturated heterocycles. The second-order valence-electron chi connectivity index (χ2n) is 8.58. The van der Waals surface area contributed by atoms with Crippen LogP contribution in [0, 0.1) is 11.8 Å². The molecule has 0 aromatic heterocycles. The number of hydrogen-bond donors (Lipinski definition) is 4. The maximum Gasteiger partial charge on any atom is 0.328 e. The van der Waals surface area contributed by atoms with Crippen molar-refractivity contribution in [1.82, 2.24) is 0 Å². The molecule has 5 N–H and O–H groups in total. The Bertz CT molecular complexity index is 798. The van der Waals surface area contributed by atoms with Crippen LogP contribution in [0.2, 0.25) is 0 Å². The number of hydrogen-bond acceptors (Lipinski definition) is 4. The molecule has 1 aromatic carbocycles. The fraction of sp³-hybridized carbons (Fsp3) is 0.565. The SMILES string of the molecule is NCC1CC1.O=C(O)/C=C1\[C@@H]2CCC[C@@]1(CCCC(=O)O)c1cc(O)ccc1C2. The van der Waals surface area contributed by atoms with Crippen molar-refractivity contribution in [2.24, 2.45) is 17.6 Å². The normalized spacial score (nSPS) is 26.2. The quantitative estimate of drug-likeness (QED) is 0.540. The van der Waals surface area contributed by atoms with Crippen LogP contribution in [-0.4, -0.2) is 33.8 Å². The van der Waals surface area contributed by atoms with E-state index in [2.05, 4.69) is 0 Å². The summed E-state index contributed by atoms with van der Waals surface area (Å²) in [5.41, 5.74) is 7.82. The van der Waals surface area contributed by atoms with E-state index in [1.54, 1.807) is 12.1 Å². The van der Waals surface area contributed by atoms with Crippen LogP contribution in [0.15, 0.2) is 29.8 Å². The van der Waals surface area contributed by atoms with Crippen LogP contribution in [0.5, 0.6) is 5.75 Å². The third-order valence-electron chi connectivity index (χ3n) is 6.53. The van der Waals surface area contributed by atoms with Gasteiger partial charge in [0.1, 0.15) is 5.75 Å². The van der Waals surface area contributed by atoms with E-state index in [1.165, 1.54) is 18.9 Å². The lowest BCUT2D eigenvalue weighted by molar-refractivity contribution is -0.137. The zero-order valence-corrected chi connectivity index (χ0v) is 16.8. The molecule has 6 nitrogen and oxygen atoms in total. The molecule has 158 valence electrons. The van der Waals surface area contributed by atoms with Crippen molar-refractivity contribution in [3.8, 4) is 5.75 Å². The van der Waals surface area contributed by atoms with Gasteiger partial charge < -0.3 is 21.1 Å². The molecule has 2 fully saturated rings. The zero-order chi connectivity index (χ0) is 21.0. The number of carbonyl (C=O) groups is 2. The molecule has 2 saturated carbocycles. The van der Waals surface area contributed by atoms with Crippen molar-refractivity contribution >= 4 is 11.9 Å². The van der Waals surface area contributed by atoms with E-state index in [0.29, 0.717) is 12.8 Å². The maximum absolute atomic E-state index is 11.4. The summed E-state index contributed by atoms with van der Waals surface area (Å²) in [6.45, 7) is 0.917. The second-order valence-corrected chi connectivity index (χ2v) is 8.58. The van der Waals surface area contributed by atoms with E-state index in [4.69, 9.17) is 10.8 Å². The number of rotatable bonds is 6. The molecule has 0 radical (unpaired) electrons. The van der Waals surface area contributed by atoms with E-state index < -0.39 is 17.4 Å². The minimum Gasteiger partial charge on any atom is -0.508 e. The van der Waals surface area contributed by atoms with E-state index in [1.807, 2.05) is 6.07 Å². The number of nitrogens with two attached hydrogens (primary N) is 1. The van der Waals surface area contributed by atoms with Crippen LogP contribution < -0.4 is 5.73 Å². The number of allylic oxidation sites excluding steroid dienone is 1. The summed E-state index contributed by atoms with van der Waals surface area (Å²) < 4.78 is 0. The molecular weight excluding hydrogens is 370 g/mol. The van der Waals surface area contributed by atoms with Gasteiger partial charge in [0.15, 0.2) is 0 Å². The molecule has 0 spiro atoms. The van der Waals surface area contributed by atoms with Crippen LogP contribution in [0.4, 0.5) is 0 Å². The summed E-state index contributed by atoms with van der Waals surface area (Å²) in [5, 5.41) is 28.3. The largest absolute Gasteiger partial charge is 0.508 e. The Kier molecular flexibility index (Phi) is 6.63. The molecule has 0 amide bonds. The maximum atomic E-state index is 11.4. The number of benzene rings is 1. The molecule has 3 aliphatic rings. The molecule has 2 bridgehead atoms. The summed E-state index contributed by atoms with van der Waals surface area (Å²) >= 11 is 0. The zero-order valence-electron chi connectivity index (χ0n) is 16.8. The van der Waals surface area contributed by atoms with Gasteiger partial charge in [-0.05, 0) is 92.2 Å². The minimum atomic E-state index is -0.955. The van der Waals surface area contributed by atoms with Gasteiger partial charge in [-0.2, -0.15) is 0 Å². The first-order chi connectivity index (χ1) is 13.9. The predicted molar refractivity (Wildman–Crippen MR) is 110 cm³/mol. The first-order valence-corrected chi connectivity index (χ1v) is 10.5. The van der Waals surface area contributed by atoms with E-state index in [0.717, 1.165) is 54.8 Å². The van der Waals surface area contributed by atoms with Crippen LogP contribution in [0.3, 0.4) is 0 Å². The van der Waals surface area contributed by atoms with Crippen molar-refractivity contribution in [2.45, 2.75) is 63.2 Å². The highest BCUT2D eigenvalue weighted by Crippen LogP contribution is 2.55. The van der Waals surface area contributed by atoms with Crippen molar-refractivity contribution in [3.63, 3.8) is 0 Å². The van der Waals surface area contributed by atoms with Crippen molar-refractivity contribution in [1.29, 1.82) is 0 Å². The Morgan fingerprint density at radius 1 is 1.21 bits per heavy atom. The van der Waals surface area contributed by atoms with Gasteiger partial charge in [-0.25, -0.2) is 4.79 Å². The predicted octanol–water partition coefficient (Wildman–Crippen LogP) is 3.61. The molecule has 0 unspecified atom stereocenters. The fourth-order valence-corrected chi connectivity index (χ4v) is 4.98. The van der Waals surface area contributed by atoms with Crippen molar-refractivity contribution in [2.75, 3.05) is 6.54 Å². The number of fused-ring (bicyclic) bond motifs is 4. The van der Waals surface area contributed by atoms with Crippen LogP contribution in [0.1, 0.15) is 62.5 Å². The van der Waals surface area contributed by atoms with Gasteiger partial charge in [-0.15, -0.1) is 0 Å². The smallest absolute Gasteiger partial charge is 0.328 e. The van der Waals surface area contributed by atoms with Gasteiger partial charge in [0.05, 0.1) is 0 Å². The summed E-state index contributed by atoms with van der Waals surface area (Å²) in [6.07, 6.45) is 8.81. The number of phenols is 1. The third kappa shape index (κ3) is 4.99. The molecule has 2 atom stereocenters. The molecular formula is C23H31NO5. The first kappa shape index (κ1) is 21.4. The molecule has 4 rings (SSSR count). The van der Waals surface area contributed by atoms with Gasteiger partial charge in [0.25, 0.3) is 0 Å². The Labute approximate surface area is 171 Å². The standard InChI is InChI=1S/C19H22O5.C4H9N/c20-14-6-5-13-9-12-3-1-7-19(15(13)10-14,8-2-4-17(21)22)16(12)11-18(23)24;5-3-4-1-2-4/h5-6,10-12,20H,1-4,7-9H2,(H,21,22)(H,23,24);4H,1-3,5H2/b16-11+;/t12-,19-;/m1./s1. The molecule has 0 aliphatic heterocycles. The van der Waals surface area contributed by atoms with Crippen LogP contribution in [0.25, 0.3) is 0 Å². The lowest BCUT2D eigenvalue weighted by Crippen LogP contribution is -2.42. The van der Waals surface area contributed by atoms with E-state index in [9.17, 15) is 19.8 Å². The van der Waals surface area contributed by atoms with Crippen LogP contribution in [-0.2, 0) is 21.4 Å². The number of aromatic hydroxyl groups is 1. The Morgan fingerprint density at radius 2 is 1.97 bits per heavy atom. The highest BCUT2D eigenvalue weighted by atomic mass is 16.4. The Morgan fingerprint density at radius 3 is 2.55 bits per heavy atom. The number of carboxylic acids is 2. The third-order valence-corrected chi connectivity index (χ3v) is 6.53. The van der Waals surface area contributed by atoms with Gasteiger partial charge in [0, 0.05) is 17.9 Å². The van der Waals surface area contributed by atoms with Gasteiger partial charge in [-0.3, -0.25) is 4.79 Å². The number of carboxylic acid groups (broad SMARTS) is 2. The molecule has 0 heterocycles. The summed E-state index contributed by atoms with van der Waals surface area (Å²) in [6, 6.07) is 5.34. The monoisotopic (exact) mass is 401 g/mol. The summed E-state index contributed by atoms with van der Waals surface area (Å²) in [5.74, 6) is -0.519. The van der Waals surface area contributed by atoms with E-state index in [-0.39, 0.29) is 18.1 Å². The van der Waals surface area contributed by atoms with Crippen molar-refractivity contribution in [3.05, 3.63) is 41.0 Å². The first-order valence-electron chi connectivity index (χ1n) is 10.5. The van der Waals surface area contributed by atoms with Gasteiger partial charge >= 0.3 is 11.9 Å².